The molecule has 3 rings (SSSR count). The molecule has 3 heteroatoms. The van der Waals surface area contributed by atoms with Gasteiger partial charge in [-0.2, -0.15) is 0 Å². The Bertz CT molecular complexity index is 852. The molecule has 0 fully saturated rings. The molecule has 0 spiro atoms. The quantitative estimate of drug-likeness (QED) is 0.547. The van der Waals surface area contributed by atoms with Crippen molar-refractivity contribution in [2.24, 2.45) is 0 Å². The highest BCUT2D eigenvalue weighted by atomic mass is 19.2. The van der Waals surface area contributed by atoms with E-state index in [1.807, 2.05) is 24.3 Å². The number of benzene rings is 3. The third-order valence-corrected chi connectivity index (χ3v) is 4.26. The highest BCUT2D eigenvalue weighted by molar-refractivity contribution is 5.64. The van der Waals surface area contributed by atoms with Gasteiger partial charge in [0.05, 0.1) is 0 Å². The Morgan fingerprint density at radius 1 is 0.720 bits per heavy atom. The Labute approximate surface area is 146 Å². The van der Waals surface area contributed by atoms with Gasteiger partial charge in [0.25, 0.3) is 0 Å². The van der Waals surface area contributed by atoms with Crippen LogP contribution in [0.2, 0.25) is 0 Å². The normalized spacial score (nSPS) is 10.7. The maximum absolute atomic E-state index is 14.0. The van der Waals surface area contributed by atoms with Gasteiger partial charge in [-0.25, -0.2) is 8.78 Å². The van der Waals surface area contributed by atoms with Crippen molar-refractivity contribution in [2.45, 2.75) is 26.9 Å². The summed E-state index contributed by atoms with van der Waals surface area (Å²) in [5.74, 6) is -0.982. The second-order valence-electron chi connectivity index (χ2n) is 6.04. The fourth-order valence-corrected chi connectivity index (χ4v) is 2.66. The Morgan fingerprint density at radius 2 is 1.24 bits per heavy atom. The van der Waals surface area contributed by atoms with Crippen LogP contribution < -0.4 is 4.74 Å². The van der Waals surface area contributed by atoms with Gasteiger partial charge in [0.1, 0.15) is 12.4 Å². The van der Waals surface area contributed by atoms with Crippen LogP contribution >= 0.6 is 0 Å². The Kier molecular flexibility index (Phi) is 5.13. The lowest BCUT2D eigenvalue weighted by Crippen LogP contribution is -2.03. The minimum absolute atomic E-state index is 0.00335. The first-order chi connectivity index (χ1) is 12.1. The van der Waals surface area contributed by atoms with Crippen molar-refractivity contribution >= 4 is 0 Å². The average Bonchev–Trinajstić information content (AvgIpc) is 2.64. The van der Waals surface area contributed by atoms with Crippen molar-refractivity contribution in [3.05, 3.63) is 89.0 Å². The molecule has 0 N–H and O–H groups in total. The molecular weight excluding hydrogens is 318 g/mol. The molecule has 3 aromatic rings. The first kappa shape index (κ1) is 17.2. The standard InChI is InChI=1S/C22H20F2O/c1-3-16-8-9-19(22(24)21(16)23)14-25-20-12-10-18(11-13-20)17-6-4-15(2)5-7-17/h4-13H,3,14H2,1-2H3. The van der Waals surface area contributed by atoms with Crippen molar-refractivity contribution in [3.63, 3.8) is 0 Å². The van der Waals surface area contributed by atoms with Crippen LogP contribution in [-0.2, 0) is 13.0 Å². The zero-order valence-electron chi connectivity index (χ0n) is 14.4. The molecule has 0 aromatic heterocycles. The van der Waals surface area contributed by atoms with Crippen LogP contribution in [-0.4, -0.2) is 0 Å². The molecule has 0 saturated heterocycles. The minimum Gasteiger partial charge on any atom is -0.489 e. The van der Waals surface area contributed by atoms with E-state index in [-0.39, 0.29) is 12.2 Å². The molecule has 0 radical (unpaired) electrons. The average molecular weight is 338 g/mol. The predicted octanol–water partition coefficient (Wildman–Crippen LogP) is 6.08. The van der Waals surface area contributed by atoms with E-state index in [9.17, 15) is 8.78 Å². The van der Waals surface area contributed by atoms with E-state index in [0.717, 1.165) is 11.1 Å². The number of ether oxygens (including phenoxy) is 1. The van der Waals surface area contributed by atoms with Crippen LogP contribution in [0.5, 0.6) is 5.75 Å². The number of hydrogen-bond acceptors (Lipinski definition) is 1. The Hall–Kier alpha value is -2.68. The molecule has 1 nitrogen and oxygen atoms in total. The number of hydrogen-bond donors (Lipinski definition) is 0. The highest BCUT2D eigenvalue weighted by Crippen LogP contribution is 2.24. The molecule has 0 heterocycles. The lowest BCUT2D eigenvalue weighted by Gasteiger charge is -2.10. The number of aryl methyl sites for hydroxylation is 2. The van der Waals surface area contributed by atoms with Gasteiger partial charge in [-0.3, -0.25) is 0 Å². The molecule has 0 saturated carbocycles. The van der Waals surface area contributed by atoms with Gasteiger partial charge in [-0.1, -0.05) is 61.0 Å². The molecule has 25 heavy (non-hydrogen) atoms. The fraction of sp³-hybridized carbons (Fsp3) is 0.182. The molecule has 0 aliphatic heterocycles. The summed E-state index contributed by atoms with van der Waals surface area (Å²) in [6.45, 7) is 3.84. The third kappa shape index (κ3) is 3.87. The van der Waals surface area contributed by atoms with Gasteiger partial charge in [-0.05, 0) is 42.2 Å². The second kappa shape index (κ2) is 7.47. The van der Waals surface area contributed by atoms with Crippen molar-refractivity contribution in [2.75, 3.05) is 0 Å². The third-order valence-electron chi connectivity index (χ3n) is 4.26. The summed E-state index contributed by atoms with van der Waals surface area (Å²) >= 11 is 0. The maximum Gasteiger partial charge on any atom is 0.165 e. The van der Waals surface area contributed by atoms with E-state index in [1.54, 1.807) is 19.1 Å². The van der Waals surface area contributed by atoms with Crippen molar-refractivity contribution < 1.29 is 13.5 Å². The summed E-state index contributed by atoms with van der Waals surface area (Å²) in [7, 11) is 0. The van der Waals surface area contributed by atoms with Crippen LogP contribution in [0.3, 0.4) is 0 Å². The summed E-state index contributed by atoms with van der Waals surface area (Å²) in [6.07, 6.45) is 0.463. The van der Waals surface area contributed by atoms with Crippen LogP contribution in [0.25, 0.3) is 11.1 Å². The molecule has 0 atom stereocenters. The van der Waals surface area contributed by atoms with Crippen molar-refractivity contribution in [1.82, 2.24) is 0 Å². The summed E-state index contributed by atoms with van der Waals surface area (Å²) in [6, 6.07) is 19.0. The van der Waals surface area contributed by atoms with E-state index in [4.69, 9.17) is 4.74 Å². The van der Waals surface area contributed by atoms with E-state index < -0.39 is 11.6 Å². The van der Waals surface area contributed by atoms with Crippen LogP contribution in [0, 0.1) is 18.6 Å². The van der Waals surface area contributed by atoms with E-state index in [1.165, 1.54) is 5.56 Å². The largest absolute Gasteiger partial charge is 0.489 e. The topological polar surface area (TPSA) is 9.23 Å². The summed E-state index contributed by atoms with van der Waals surface area (Å²) in [5.41, 5.74) is 4.02. The second-order valence-corrected chi connectivity index (χ2v) is 6.04. The Morgan fingerprint density at radius 3 is 1.84 bits per heavy atom. The van der Waals surface area contributed by atoms with Crippen LogP contribution in [0.4, 0.5) is 8.78 Å². The van der Waals surface area contributed by atoms with E-state index >= 15 is 0 Å². The molecule has 0 bridgehead atoms. The molecule has 0 unspecified atom stereocenters. The van der Waals surface area contributed by atoms with Gasteiger partial charge < -0.3 is 4.74 Å². The summed E-state index contributed by atoms with van der Waals surface area (Å²) in [5, 5.41) is 0. The minimum atomic E-state index is -0.823. The van der Waals surface area contributed by atoms with Crippen molar-refractivity contribution in [3.8, 4) is 16.9 Å². The monoisotopic (exact) mass is 338 g/mol. The van der Waals surface area contributed by atoms with E-state index in [2.05, 4.69) is 31.2 Å². The zero-order valence-corrected chi connectivity index (χ0v) is 14.4. The molecule has 0 aliphatic rings. The van der Waals surface area contributed by atoms with Gasteiger partial charge in [0, 0.05) is 5.56 Å². The number of rotatable bonds is 5. The zero-order chi connectivity index (χ0) is 17.8. The lowest BCUT2D eigenvalue weighted by molar-refractivity contribution is 0.297. The van der Waals surface area contributed by atoms with Gasteiger partial charge in [0.15, 0.2) is 11.6 Å². The van der Waals surface area contributed by atoms with Crippen LogP contribution in [0.1, 0.15) is 23.6 Å². The molecule has 128 valence electrons. The maximum atomic E-state index is 14.0. The lowest BCUT2D eigenvalue weighted by atomic mass is 10.0. The van der Waals surface area contributed by atoms with Gasteiger partial charge in [-0.15, -0.1) is 0 Å². The first-order valence-electron chi connectivity index (χ1n) is 8.34. The molecular formula is C22H20F2O. The predicted molar refractivity (Wildman–Crippen MR) is 96.7 cm³/mol. The fourth-order valence-electron chi connectivity index (χ4n) is 2.66. The summed E-state index contributed by atoms with van der Waals surface area (Å²) < 4.78 is 33.4. The van der Waals surface area contributed by atoms with Crippen LogP contribution in [0.15, 0.2) is 60.7 Å². The number of halogens is 2. The smallest absolute Gasteiger partial charge is 0.165 e. The first-order valence-corrected chi connectivity index (χ1v) is 8.34. The Balaban J connectivity index is 1.70. The highest BCUT2D eigenvalue weighted by Gasteiger charge is 2.12. The molecule has 3 aromatic carbocycles. The van der Waals surface area contributed by atoms with Gasteiger partial charge >= 0.3 is 0 Å². The SMILES string of the molecule is CCc1ccc(COc2ccc(-c3ccc(C)cc3)cc2)c(F)c1F. The van der Waals surface area contributed by atoms with Gasteiger partial charge in [0.2, 0.25) is 0 Å². The summed E-state index contributed by atoms with van der Waals surface area (Å²) in [4.78, 5) is 0. The molecule has 0 amide bonds. The van der Waals surface area contributed by atoms with Crippen molar-refractivity contribution in [1.29, 1.82) is 0 Å². The van der Waals surface area contributed by atoms with E-state index in [0.29, 0.717) is 17.7 Å². The molecule has 0 aliphatic carbocycles.